The number of imide groups is 1. The number of nitrogens with zero attached hydrogens (tertiary/aromatic N) is 1. The summed E-state index contributed by atoms with van der Waals surface area (Å²) >= 11 is 0. The van der Waals surface area contributed by atoms with Crippen LogP contribution in [0.5, 0.6) is 0 Å². The maximum Gasteiger partial charge on any atom is 0.337 e. The van der Waals surface area contributed by atoms with Crippen molar-refractivity contribution in [2.24, 2.45) is 0 Å². The fourth-order valence-electron chi connectivity index (χ4n) is 2.76. The summed E-state index contributed by atoms with van der Waals surface area (Å²) in [6.45, 7) is -0.361. The van der Waals surface area contributed by atoms with Crippen LogP contribution in [-0.4, -0.2) is 47.4 Å². The number of amides is 2. The molecule has 7 nitrogen and oxygen atoms in total. The molecule has 7 heteroatoms. The summed E-state index contributed by atoms with van der Waals surface area (Å²) in [6.07, 6.45) is 1.35. The second-order valence-electron chi connectivity index (χ2n) is 5.83. The Morgan fingerprint density at radius 1 is 1.00 bits per heavy atom. The summed E-state index contributed by atoms with van der Waals surface area (Å²) in [4.78, 5) is 48.8. The van der Waals surface area contributed by atoms with Crippen molar-refractivity contribution in [1.29, 1.82) is 0 Å². The predicted octanol–water partition coefficient (Wildman–Crippen LogP) is 2.24. The number of carboxylic acids is 1. The molecule has 0 unspecified atom stereocenters. The SMILES string of the molecule is COC(=O)c1ccc(/C=C(/CN2C(=O)c3ccccc3C2=O)C(=O)O)cc1. The van der Waals surface area contributed by atoms with Gasteiger partial charge in [0.15, 0.2) is 0 Å². The second kappa shape index (κ2) is 7.25. The molecule has 136 valence electrons. The molecule has 0 aromatic heterocycles. The van der Waals surface area contributed by atoms with Crippen LogP contribution in [0.15, 0.2) is 54.1 Å². The Morgan fingerprint density at radius 2 is 1.56 bits per heavy atom. The zero-order chi connectivity index (χ0) is 19.6. The monoisotopic (exact) mass is 365 g/mol. The zero-order valence-corrected chi connectivity index (χ0v) is 14.3. The number of carbonyl (C=O) groups is 4. The van der Waals surface area contributed by atoms with Crippen LogP contribution < -0.4 is 0 Å². The van der Waals surface area contributed by atoms with Crippen LogP contribution in [0.1, 0.15) is 36.6 Å². The Balaban J connectivity index is 1.86. The minimum atomic E-state index is -1.25. The summed E-state index contributed by atoms with van der Waals surface area (Å²) < 4.78 is 4.61. The highest BCUT2D eigenvalue weighted by molar-refractivity contribution is 6.21. The summed E-state index contributed by atoms with van der Waals surface area (Å²) in [5.74, 6) is -2.80. The van der Waals surface area contributed by atoms with Gasteiger partial charge < -0.3 is 9.84 Å². The van der Waals surface area contributed by atoms with E-state index in [2.05, 4.69) is 4.74 Å². The Hall–Kier alpha value is -3.74. The summed E-state index contributed by atoms with van der Waals surface area (Å²) in [5, 5.41) is 9.47. The number of carboxylic acid groups (broad SMARTS) is 1. The van der Waals surface area contributed by atoms with E-state index < -0.39 is 23.8 Å². The molecule has 0 spiro atoms. The molecule has 1 aliphatic rings. The standard InChI is InChI=1S/C20H15NO6/c1-27-20(26)13-8-6-12(7-9-13)10-14(19(24)25)11-21-17(22)15-4-2-3-5-16(15)18(21)23/h2-10H,11H2,1H3,(H,24,25)/b14-10-. The molecule has 2 aromatic carbocycles. The summed E-state index contributed by atoms with van der Waals surface area (Å²) in [5.41, 5.74) is 1.23. The molecule has 27 heavy (non-hydrogen) atoms. The first-order chi connectivity index (χ1) is 12.9. The van der Waals surface area contributed by atoms with Crippen molar-refractivity contribution in [2.75, 3.05) is 13.7 Å². The van der Waals surface area contributed by atoms with E-state index in [9.17, 15) is 24.3 Å². The Labute approximate surface area is 154 Å². The fourth-order valence-corrected chi connectivity index (χ4v) is 2.76. The van der Waals surface area contributed by atoms with Crippen molar-refractivity contribution in [3.05, 3.63) is 76.4 Å². The van der Waals surface area contributed by atoms with Gasteiger partial charge in [-0.05, 0) is 35.9 Å². The van der Waals surface area contributed by atoms with E-state index in [0.717, 1.165) is 4.90 Å². The van der Waals surface area contributed by atoms with Crippen molar-refractivity contribution < 1.29 is 29.0 Å². The van der Waals surface area contributed by atoms with Gasteiger partial charge in [-0.2, -0.15) is 0 Å². The number of methoxy groups -OCH3 is 1. The molecule has 0 fully saturated rings. The predicted molar refractivity (Wildman–Crippen MR) is 95.2 cm³/mol. The molecule has 3 rings (SSSR count). The van der Waals surface area contributed by atoms with Crippen molar-refractivity contribution >= 4 is 29.8 Å². The van der Waals surface area contributed by atoms with E-state index in [4.69, 9.17) is 0 Å². The Bertz CT molecular complexity index is 939. The Kier molecular flexibility index (Phi) is 4.85. The lowest BCUT2D eigenvalue weighted by Crippen LogP contribution is -2.33. The molecule has 1 N–H and O–H groups in total. The highest BCUT2D eigenvalue weighted by Crippen LogP contribution is 2.24. The van der Waals surface area contributed by atoms with Crippen LogP contribution in [0.25, 0.3) is 6.08 Å². The molecular weight excluding hydrogens is 350 g/mol. The van der Waals surface area contributed by atoms with E-state index in [1.54, 1.807) is 24.3 Å². The minimum absolute atomic E-state index is 0.129. The number of aliphatic carboxylic acids is 1. The van der Waals surface area contributed by atoms with Gasteiger partial charge in [0.1, 0.15) is 0 Å². The number of carbonyl (C=O) groups excluding carboxylic acids is 3. The van der Waals surface area contributed by atoms with E-state index in [0.29, 0.717) is 11.1 Å². The molecule has 0 saturated carbocycles. The van der Waals surface area contributed by atoms with Gasteiger partial charge in [-0.25, -0.2) is 9.59 Å². The van der Waals surface area contributed by atoms with Gasteiger partial charge in [0.2, 0.25) is 0 Å². The van der Waals surface area contributed by atoms with Crippen LogP contribution in [0.3, 0.4) is 0 Å². The van der Waals surface area contributed by atoms with Gasteiger partial charge in [0, 0.05) is 0 Å². The van der Waals surface area contributed by atoms with Gasteiger partial charge in [0.05, 0.1) is 35.9 Å². The average molecular weight is 365 g/mol. The zero-order valence-electron chi connectivity index (χ0n) is 14.3. The number of esters is 1. The van der Waals surface area contributed by atoms with Gasteiger partial charge in [0.25, 0.3) is 11.8 Å². The van der Waals surface area contributed by atoms with Crippen molar-refractivity contribution in [3.63, 3.8) is 0 Å². The Morgan fingerprint density at radius 3 is 2.04 bits per heavy atom. The molecule has 1 aliphatic heterocycles. The van der Waals surface area contributed by atoms with Gasteiger partial charge in [-0.1, -0.05) is 24.3 Å². The molecular formula is C20H15NO6. The van der Waals surface area contributed by atoms with Crippen LogP contribution in [0, 0.1) is 0 Å². The van der Waals surface area contributed by atoms with E-state index in [1.165, 1.54) is 37.5 Å². The van der Waals surface area contributed by atoms with E-state index in [-0.39, 0.29) is 23.2 Å². The normalized spacial score (nSPS) is 13.5. The van der Waals surface area contributed by atoms with Crippen molar-refractivity contribution in [2.45, 2.75) is 0 Å². The van der Waals surface area contributed by atoms with Gasteiger partial charge in [-0.3, -0.25) is 14.5 Å². The van der Waals surface area contributed by atoms with Crippen LogP contribution in [0.4, 0.5) is 0 Å². The molecule has 0 radical (unpaired) electrons. The summed E-state index contributed by atoms with van der Waals surface area (Å²) in [7, 11) is 1.26. The molecule has 0 saturated heterocycles. The molecule has 0 bridgehead atoms. The first-order valence-corrected chi connectivity index (χ1v) is 8.00. The maximum atomic E-state index is 12.4. The lowest BCUT2D eigenvalue weighted by molar-refractivity contribution is -0.132. The number of ether oxygens (including phenoxy) is 1. The first-order valence-electron chi connectivity index (χ1n) is 8.00. The van der Waals surface area contributed by atoms with Crippen LogP contribution >= 0.6 is 0 Å². The molecule has 2 aromatic rings. The van der Waals surface area contributed by atoms with E-state index in [1.807, 2.05) is 0 Å². The summed E-state index contributed by atoms with van der Waals surface area (Å²) in [6, 6.07) is 12.5. The number of fused-ring (bicyclic) bond motifs is 1. The van der Waals surface area contributed by atoms with Crippen LogP contribution in [-0.2, 0) is 9.53 Å². The number of hydrogen-bond donors (Lipinski definition) is 1. The molecule has 0 atom stereocenters. The quantitative estimate of drug-likeness (QED) is 0.495. The third kappa shape index (κ3) is 3.48. The van der Waals surface area contributed by atoms with Crippen LogP contribution in [0.2, 0.25) is 0 Å². The number of hydrogen-bond acceptors (Lipinski definition) is 5. The number of benzene rings is 2. The second-order valence-corrected chi connectivity index (χ2v) is 5.83. The third-order valence-electron chi connectivity index (χ3n) is 4.15. The third-order valence-corrected chi connectivity index (χ3v) is 4.15. The largest absolute Gasteiger partial charge is 0.478 e. The van der Waals surface area contributed by atoms with E-state index >= 15 is 0 Å². The smallest absolute Gasteiger partial charge is 0.337 e. The minimum Gasteiger partial charge on any atom is -0.478 e. The average Bonchev–Trinajstić information content (AvgIpc) is 2.92. The lowest BCUT2D eigenvalue weighted by Gasteiger charge is -2.14. The molecule has 1 heterocycles. The lowest BCUT2D eigenvalue weighted by atomic mass is 10.1. The van der Waals surface area contributed by atoms with Gasteiger partial charge >= 0.3 is 11.9 Å². The van der Waals surface area contributed by atoms with Crippen molar-refractivity contribution in [1.82, 2.24) is 4.90 Å². The van der Waals surface area contributed by atoms with Crippen molar-refractivity contribution in [3.8, 4) is 0 Å². The fraction of sp³-hybridized carbons (Fsp3) is 0.100. The highest BCUT2D eigenvalue weighted by Gasteiger charge is 2.36. The highest BCUT2D eigenvalue weighted by atomic mass is 16.5. The topological polar surface area (TPSA) is 101 Å². The molecule has 2 amide bonds. The maximum absolute atomic E-state index is 12.4. The first kappa shape index (κ1) is 18.1. The molecule has 0 aliphatic carbocycles. The number of rotatable bonds is 5. The van der Waals surface area contributed by atoms with Gasteiger partial charge in [-0.15, -0.1) is 0 Å².